The van der Waals surface area contributed by atoms with Crippen LogP contribution in [0.2, 0.25) is 0 Å². The number of nitrogens with one attached hydrogen (secondary N) is 1. The molecule has 1 aromatic carbocycles. The average molecular weight is 344 g/mol. The average Bonchev–Trinajstić information content (AvgIpc) is 2.93. The maximum Gasteiger partial charge on any atom is 0.317 e. The van der Waals surface area contributed by atoms with Gasteiger partial charge in [-0.05, 0) is 30.5 Å². The zero-order chi connectivity index (χ0) is 17.6. The molecule has 0 bridgehead atoms. The highest BCUT2D eigenvalue weighted by Gasteiger charge is 2.22. The minimum atomic E-state index is -0.0353. The first-order chi connectivity index (χ1) is 12.2. The van der Waals surface area contributed by atoms with Crippen molar-refractivity contribution in [1.82, 2.24) is 20.1 Å². The van der Waals surface area contributed by atoms with E-state index in [1.807, 2.05) is 30.0 Å². The second-order valence-electron chi connectivity index (χ2n) is 6.28. The monoisotopic (exact) mass is 344 g/mol. The van der Waals surface area contributed by atoms with E-state index >= 15 is 0 Å². The number of carbonyl (C=O) groups excluding carboxylic acids is 2. The molecular weight excluding hydrogens is 320 g/mol. The Kier molecular flexibility index (Phi) is 5.53. The molecule has 0 aliphatic carbocycles. The molecule has 0 saturated carbocycles. The summed E-state index contributed by atoms with van der Waals surface area (Å²) in [5.41, 5.74) is 2.40. The summed E-state index contributed by atoms with van der Waals surface area (Å²) >= 11 is 0. The molecule has 3 rings (SSSR count). The predicted octanol–water partition coefficient (Wildman–Crippen LogP) is 2.02. The van der Waals surface area contributed by atoms with Crippen molar-refractivity contribution in [3.63, 3.8) is 0 Å². The van der Waals surface area contributed by atoms with Gasteiger partial charge in [0.1, 0.15) is 5.52 Å². The lowest BCUT2D eigenvalue weighted by Gasteiger charge is -2.22. The third kappa shape index (κ3) is 4.29. The highest BCUT2D eigenvalue weighted by molar-refractivity contribution is 5.81. The topological polar surface area (TPSA) is 78.7 Å². The Bertz CT molecular complexity index is 743. The minimum absolute atomic E-state index is 0.0353. The fourth-order valence-corrected chi connectivity index (χ4v) is 3.01. The molecule has 1 aliphatic heterocycles. The van der Waals surface area contributed by atoms with Gasteiger partial charge in [-0.3, -0.25) is 4.79 Å². The van der Waals surface area contributed by atoms with E-state index in [0.29, 0.717) is 44.7 Å². The standard InChI is InChI=1S/C18H24N4O3/c1-2-6-19-18(24)22-8-3-7-21(9-10-22)17(23)12-14-4-5-15-16(11-14)25-13-20-15/h4-5,11,13H,2-3,6-10,12H2,1H3,(H,19,24). The number of fused-ring (bicyclic) bond motifs is 1. The van der Waals surface area contributed by atoms with Crippen molar-refractivity contribution in [1.29, 1.82) is 0 Å². The van der Waals surface area contributed by atoms with Crippen molar-refractivity contribution in [2.24, 2.45) is 0 Å². The Morgan fingerprint density at radius 2 is 2.00 bits per heavy atom. The second kappa shape index (κ2) is 8.00. The fraction of sp³-hybridized carbons (Fsp3) is 0.500. The van der Waals surface area contributed by atoms with Gasteiger partial charge in [-0.1, -0.05) is 13.0 Å². The molecule has 1 saturated heterocycles. The van der Waals surface area contributed by atoms with E-state index in [1.165, 1.54) is 6.39 Å². The van der Waals surface area contributed by atoms with E-state index in [1.54, 1.807) is 4.90 Å². The first-order valence-corrected chi connectivity index (χ1v) is 8.80. The molecule has 1 N–H and O–H groups in total. The molecular formula is C18H24N4O3. The lowest BCUT2D eigenvalue weighted by Crippen LogP contribution is -2.43. The van der Waals surface area contributed by atoms with Crippen molar-refractivity contribution in [3.8, 4) is 0 Å². The number of oxazole rings is 1. The first-order valence-electron chi connectivity index (χ1n) is 8.80. The molecule has 1 aliphatic rings. The van der Waals surface area contributed by atoms with Gasteiger partial charge in [-0.25, -0.2) is 9.78 Å². The maximum atomic E-state index is 12.6. The number of hydrogen-bond donors (Lipinski definition) is 1. The molecule has 7 heteroatoms. The molecule has 25 heavy (non-hydrogen) atoms. The molecule has 7 nitrogen and oxygen atoms in total. The maximum absolute atomic E-state index is 12.6. The Morgan fingerprint density at radius 1 is 1.20 bits per heavy atom. The number of urea groups is 1. The van der Waals surface area contributed by atoms with Gasteiger partial charge < -0.3 is 19.5 Å². The van der Waals surface area contributed by atoms with Gasteiger partial charge in [0.2, 0.25) is 5.91 Å². The van der Waals surface area contributed by atoms with E-state index in [-0.39, 0.29) is 11.9 Å². The van der Waals surface area contributed by atoms with Gasteiger partial charge in [0.15, 0.2) is 12.0 Å². The SMILES string of the molecule is CCCNC(=O)N1CCCN(C(=O)Cc2ccc3ncoc3c2)CC1. The third-order valence-corrected chi connectivity index (χ3v) is 4.41. The van der Waals surface area contributed by atoms with Crippen LogP contribution in [0.5, 0.6) is 0 Å². The highest BCUT2D eigenvalue weighted by atomic mass is 16.3. The molecule has 3 amide bonds. The number of aromatic nitrogens is 1. The lowest BCUT2D eigenvalue weighted by atomic mass is 10.1. The largest absolute Gasteiger partial charge is 0.443 e. The summed E-state index contributed by atoms with van der Waals surface area (Å²) in [5.74, 6) is 0.0784. The molecule has 0 unspecified atom stereocenters. The Hall–Kier alpha value is -2.57. The number of rotatable bonds is 4. The van der Waals surface area contributed by atoms with Crippen LogP contribution in [0.15, 0.2) is 29.0 Å². The summed E-state index contributed by atoms with van der Waals surface area (Å²) in [4.78, 5) is 32.4. The van der Waals surface area contributed by atoms with Crippen molar-refractivity contribution < 1.29 is 14.0 Å². The normalized spacial score (nSPS) is 15.2. The van der Waals surface area contributed by atoms with Crippen LogP contribution in [-0.2, 0) is 11.2 Å². The van der Waals surface area contributed by atoms with E-state index in [2.05, 4.69) is 10.3 Å². The summed E-state index contributed by atoms with van der Waals surface area (Å²) in [6.07, 6.45) is 3.45. The molecule has 1 aromatic heterocycles. The molecule has 0 radical (unpaired) electrons. The van der Waals surface area contributed by atoms with Crippen molar-refractivity contribution in [2.75, 3.05) is 32.7 Å². The first kappa shape index (κ1) is 17.3. The predicted molar refractivity (Wildman–Crippen MR) is 94.2 cm³/mol. The van der Waals surface area contributed by atoms with Gasteiger partial charge in [0.25, 0.3) is 0 Å². The zero-order valence-electron chi connectivity index (χ0n) is 14.5. The van der Waals surface area contributed by atoms with Crippen LogP contribution in [0.25, 0.3) is 11.1 Å². The second-order valence-corrected chi connectivity index (χ2v) is 6.28. The van der Waals surface area contributed by atoms with E-state index in [9.17, 15) is 9.59 Å². The van der Waals surface area contributed by atoms with Gasteiger partial charge in [0.05, 0.1) is 6.42 Å². The third-order valence-electron chi connectivity index (χ3n) is 4.41. The van der Waals surface area contributed by atoms with E-state index in [0.717, 1.165) is 23.9 Å². The van der Waals surface area contributed by atoms with Gasteiger partial charge in [0, 0.05) is 32.7 Å². The molecule has 134 valence electrons. The lowest BCUT2D eigenvalue weighted by molar-refractivity contribution is -0.130. The summed E-state index contributed by atoms with van der Waals surface area (Å²) in [6, 6.07) is 5.60. The van der Waals surface area contributed by atoms with Crippen LogP contribution in [-0.4, -0.2) is 59.4 Å². The Morgan fingerprint density at radius 3 is 2.84 bits per heavy atom. The van der Waals surface area contributed by atoms with Crippen LogP contribution in [0.3, 0.4) is 0 Å². The minimum Gasteiger partial charge on any atom is -0.443 e. The summed E-state index contributed by atoms with van der Waals surface area (Å²) in [6.45, 7) is 5.22. The van der Waals surface area contributed by atoms with Crippen LogP contribution in [0, 0.1) is 0 Å². The van der Waals surface area contributed by atoms with Gasteiger partial charge in [-0.2, -0.15) is 0 Å². The fourth-order valence-electron chi connectivity index (χ4n) is 3.01. The number of carbonyl (C=O) groups is 2. The molecule has 2 heterocycles. The van der Waals surface area contributed by atoms with Gasteiger partial charge in [-0.15, -0.1) is 0 Å². The van der Waals surface area contributed by atoms with E-state index in [4.69, 9.17) is 4.42 Å². The summed E-state index contributed by atoms with van der Waals surface area (Å²) < 4.78 is 5.29. The van der Waals surface area contributed by atoms with Gasteiger partial charge >= 0.3 is 6.03 Å². The molecule has 2 aromatic rings. The van der Waals surface area contributed by atoms with Crippen LogP contribution >= 0.6 is 0 Å². The molecule has 0 spiro atoms. The quantitative estimate of drug-likeness (QED) is 0.920. The number of nitrogens with zero attached hydrogens (tertiary/aromatic N) is 3. The van der Waals surface area contributed by atoms with Crippen LogP contribution < -0.4 is 5.32 Å². The van der Waals surface area contributed by atoms with Crippen molar-refractivity contribution >= 4 is 23.0 Å². The summed E-state index contributed by atoms with van der Waals surface area (Å²) in [7, 11) is 0. The van der Waals surface area contributed by atoms with Crippen LogP contribution in [0.4, 0.5) is 4.79 Å². The van der Waals surface area contributed by atoms with E-state index < -0.39 is 0 Å². The molecule has 0 atom stereocenters. The summed E-state index contributed by atoms with van der Waals surface area (Å²) in [5, 5.41) is 2.90. The number of hydrogen-bond acceptors (Lipinski definition) is 4. The Labute approximate surface area is 147 Å². The number of benzene rings is 1. The zero-order valence-corrected chi connectivity index (χ0v) is 14.5. The van der Waals surface area contributed by atoms with Crippen molar-refractivity contribution in [2.45, 2.75) is 26.2 Å². The smallest absolute Gasteiger partial charge is 0.317 e. The molecule has 1 fully saturated rings. The Balaban J connectivity index is 1.56. The van der Waals surface area contributed by atoms with Crippen LogP contribution in [0.1, 0.15) is 25.3 Å². The van der Waals surface area contributed by atoms with Crippen molar-refractivity contribution in [3.05, 3.63) is 30.2 Å². The highest BCUT2D eigenvalue weighted by Crippen LogP contribution is 2.15. The number of amides is 3.